The number of para-hydroxylation sites is 1. The Bertz CT molecular complexity index is 1290. The molecule has 144 valence electrons. The molecule has 0 fully saturated rings. The number of nitrogens with one attached hydrogen (secondary N) is 1. The Hall–Kier alpha value is -3.19. The number of hydrogen-bond donors (Lipinski definition) is 2. The minimum atomic E-state index is -3.76. The van der Waals surface area contributed by atoms with Gasteiger partial charge in [0.2, 0.25) is 0 Å². The number of nitrogens with two attached hydrogens (primary N) is 1. The van der Waals surface area contributed by atoms with Gasteiger partial charge in [-0.05, 0) is 49.4 Å². The highest BCUT2D eigenvalue weighted by atomic mass is 32.2. The summed E-state index contributed by atoms with van der Waals surface area (Å²) in [6.07, 6.45) is 0. The zero-order chi connectivity index (χ0) is 19.9. The average Bonchev–Trinajstić information content (AvgIpc) is 3.01. The van der Waals surface area contributed by atoms with Gasteiger partial charge in [-0.1, -0.05) is 18.2 Å². The Morgan fingerprint density at radius 1 is 1.00 bits per heavy atom. The van der Waals surface area contributed by atoms with Gasteiger partial charge in [-0.2, -0.15) is 0 Å². The number of fused-ring (bicyclic) bond motifs is 3. The van der Waals surface area contributed by atoms with E-state index in [4.69, 9.17) is 10.5 Å². The van der Waals surface area contributed by atoms with Crippen LogP contribution in [0.25, 0.3) is 21.8 Å². The third-order valence-corrected chi connectivity index (χ3v) is 6.23. The van der Waals surface area contributed by atoms with Crippen LogP contribution < -0.4 is 15.2 Å². The lowest BCUT2D eigenvalue weighted by Gasteiger charge is -2.11. The van der Waals surface area contributed by atoms with E-state index in [9.17, 15) is 8.42 Å². The van der Waals surface area contributed by atoms with E-state index in [1.165, 1.54) is 13.2 Å². The number of nitrogen functional groups attached to an aromatic ring is 1. The number of sulfonamides is 1. The fraction of sp³-hybridized carbons (Fsp3) is 0.143. The van der Waals surface area contributed by atoms with Crippen molar-refractivity contribution in [2.45, 2.75) is 18.4 Å². The van der Waals surface area contributed by atoms with Gasteiger partial charge in [0.25, 0.3) is 10.0 Å². The molecule has 0 bridgehead atoms. The average molecular weight is 395 g/mol. The first kappa shape index (κ1) is 18.2. The number of methoxy groups -OCH3 is 1. The number of rotatable bonds is 5. The summed E-state index contributed by atoms with van der Waals surface area (Å²) in [5.41, 5.74) is 8.73. The van der Waals surface area contributed by atoms with Crippen molar-refractivity contribution in [2.24, 2.45) is 0 Å². The van der Waals surface area contributed by atoms with Crippen LogP contribution in [0.15, 0.2) is 65.6 Å². The molecule has 3 N–H and O–H groups in total. The van der Waals surface area contributed by atoms with Gasteiger partial charge in [-0.3, -0.25) is 4.72 Å². The molecule has 0 amide bonds. The topological polar surface area (TPSA) is 86.3 Å². The van der Waals surface area contributed by atoms with Crippen LogP contribution in [-0.2, 0) is 16.6 Å². The second kappa shape index (κ2) is 6.76. The predicted molar refractivity (Wildman–Crippen MR) is 113 cm³/mol. The van der Waals surface area contributed by atoms with Gasteiger partial charge in [0.05, 0.1) is 23.4 Å². The van der Waals surface area contributed by atoms with Crippen molar-refractivity contribution < 1.29 is 13.2 Å². The second-order valence-corrected chi connectivity index (χ2v) is 8.18. The Morgan fingerprint density at radius 2 is 1.75 bits per heavy atom. The van der Waals surface area contributed by atoms with Crippen molar-refractivity contribution in [3.63, 3.8) is 0 Å². The van der Waals surface area contributed by atoms with E-state index in [0.717, 1.165) is 28.4 Å². The Labute approximate surface area is 163 Å². The van der Waals surface area contributed by atoms with Crippen LogP contribution in [0.3, 0.4) is 0 Å². The van der Waals surface area contributed by atoms with Crippen molar-refractivity contribution >= 4 is 43.2 Å². The molecular formula is C21H21N3O3S. The summed E-state index contributed by atoms with van der Waals surface area (Å²) in [6, 6.07) is 18.0. The molecule has 3 aromatic carbocycles. The summed E-state index contributed by atoms with van der Waals surface area (Å²) in [4.78, 5) is 0.202. The third kappa shape index (κ3) is 2.93. The van der Waals surface area contributed by atoms with Crippen LogP contribution in [0, 0.1) is 0 Å². The number of benzene rings is 3. The number of ether oxygens (including phenoxy) is 1. The van der Waals surface area contributed by atoms with Crippen LogP contribution in [0.1, 0.15) is 6.92 Å². The molecule has 4 rings (SSSR count). The second-order valence-electron chi connectivity index (χ2n) is 6.50. The molecule has 0 aliphatic carbocycles. The first-order chi connectivity index (χ1) is 13.4. The van der Waals surface area contributed by atoms with E-state index >= 15 is 0 Å². The maximum Gasteiger partial charge on any atom is 0.261 e. The molecule has 0 radical (unpaired) electrons. The SMILES string of the molecule is CCn1c2ccccc2c2cc(S(=O)(=O)Nc3ccc(OC)c(N)c3)ccc21. The summed E-state index contributed by atoms with van der Waals surface area (Å²) in [6.45, 7) is 2.88. The van der Waals surface area contributed by atoms with E-state index in [1.807, 2.05) is 30.3 Å². The lowest BCUT2D eigenvalue weighted by molar-refractivity contribution is 0.417. The van der Waals surface area contributed by atoms with Crippen molar-refractivity contribution in [3.05, 3.63) is 60.7 Å². The Morgan fingerprint density at radius 3 is 2.46 bits per heavy atom. The molecule has 0 aliphatic rings. The standard InChI is InChI=1S/C21H21N3O3S/c1-3-24-19-7-5-4-6-16(19)17-13-15(9-10-20(17)24)28(25,26)23-14-8-11-21(27-2)18(22)12-14/h4-13,23H,3,22H2,1-2H3. The van der Waals surface area contributed by atoms with Gasteiger partial charge in [0.15, 0.2) is 0 Å². The predicted octanol–water partition coefficient (Wildman–Crippen LogP) is 4.21. The highest BCUT2D eigenvalue weighted by Gasteiger charge is 2.18. The Balaban J connectivity index is 1.80. The fourth-order valence-corrected chi connectivity index (χ4v) is 4.63. The Kier molecular flexibility index (Phi) is 4.39. The molecule has 0 unspecified atom stereocenters. The van der Waals surface area contributed by atoms with Crippen molar-refractivity contribution in [2.75, 3.05) is 17.6 Å². The highest BCUT2D eigenvalue weighted by Crippen LogP contribution is 2.32. The van der Waals surface area contributed by atoms with Crippen LogP contribution in [0.4, 0.5) is 11.4 Å². The first-order valence-corrected chi connectivity index (χ1v) is 10.4. The van der Waals surface area contributed by atoms with E-state index in [0.29, 0.717) is 17.1 Å². The normalized spacial score (nSPS) is 11.8. The molecule has 1 heterocycles. The van der Waals surface area contributed by atoms with Gasteiger partial charge < -0.3 is 15.0 Å². The van der Waals surface area contributed by atoms with Crippen LogP contribution in [0.2, 0.25) is 0 Å². The van der Waals surface area contributed by atoms with Gasteiger partial charge >= 0.3 is 0 Å². The largest absolute Gasteiger partial charge is 0.495 e. The summed E-state index contributed by atoms with van der Waals surface area (Å²) in [5, 5.41) is 1.94. The zero-order valence-corrected chi connectivity index (χ0v) is 16.5. The van der Waals surface area contributed by atoms with E-state index in [2.05, 4.69) is 16.2 Å². The van der Waals surface area contributed by atoms with Crippen LogP contribution in [0.5, 0.6) is 5.75 Å². The minimum Gasteiger partial charge on any atom is -0.495 e. The number of anilines is 2. The lowest BCUT2D eigenvalue weighted by Crippen LogP contribution is -2.13. The number of hydrogen-bond acceptors (Lipinski definition) is 4. The molecule has 28 heavy (non-hydrogen) atoms. The molecule has 4 aromatic rings. The molecule has 0 saturated heterocycles. The molecule has 1 aromatic heterocycles. The summed E-state index contributed by atoms with van der Waals surface area (Å²) in [5.74, 6) is 0.497. The number of aromatic nitrogens is 1. The smallest absolute Gasteiger partial charge is 0.261 e. The first-order valence-electron chi connectivity index (χ1n) is 8.92. The van der Waals surface area contributed by atoms with E-state index in [-0.39, 0.29) is 4.90 Å². The van der Waals surface area contributed by atoms with Gasteiger partial charge in [-0.25, -0.2) is 8.42 Å². The van der Waals surface area contributed by atoms with Crippen molar-refractivity contribution in [3.8, 4) is 5.75 Å². The summed E-state index contributed by atoms with van der Waals surface area (Å²) < 4.78 is 35.7. The van der Waals surface area contributed by atoms with Crippen molar-refractivity contribution in [1.29, 1.82) is 0 Å². The monoisotopic (exact) mass is 395 g/mol. The summed E-state index contributed by atoms with van der Waals surface area (Å²) >= 11 is 0. The van der Waals surface area contributed by atoms with E-state index < -0.39 is 10.0 Å². The van der Waals surface area contributed by atoms with Gasteiger partial charge in [-0.15, -0.1) is 0 Å². The molecular weight excluding hydrogens is 374 g/mol. The number of aryl methyl sites for hydroxylation is 1. The molecule has 0 aliphatic heterocycles. The van der Waals surface area contributed by atoms with E-state index in [1.54, 1.807) is 24.3 Å². The quantitative estimate of drug-likeness (QED) is 0.496. The van der Waals surface area contributed by atoms with Gasteiger partial charge in [0, 0.05) is 28.4 Å². The summed E-state index contributed by atoms with van der Waals surface area (Å²) in [7, 11) is -2.25. The molecule has 0 spiro atoms. The molecule has 0 atom stereocenters. The lowest BCUT2D eigenvalue weighted by atomic mass is 10.1. The zero-order valence-electron chi connectivity index (χ0n) is 15.6. The minimum absolute atomic E-state index is 0.202. The molecule has 6 nitrogen and oxygen atoms in total. The maximum atomic E-state index is 12.9. The number of nitrogens with zero attached hydrogens (tertiary/aromatic N) is 1. The van der Waals surface area contributed by atoms with Crippen molar-refractivity contribution in [1.82, 2.24) is 4.57 Å². The maximum absolute atomic E-state index is 12.9. The molecule has 0 saturated carbocycles. The van der Waals surface area contributed by atoms with Crippen LogP contribution in [-0.4, -0.2) is 20.1 Å². The third-order valence-electron chi connectivity index (χ3n) is 4.85. The molecule has 7 heteroatoms. The highest BCUT2D eigenvalue weighted by molar-refractivity contribution is 7.92. The fourth-order valence-electron chi connectivity index (χ4n) is 3.55. The van der Waals surface area contributed by atoms with Gasteiger partial charge in [0.1, 0.15) is 5.75 Å². The van der Waals surface area contributed by atoms with Crippen LogP contribution >= 0.6 is 0 Å².